The molecule has 0 heterocycles. The average Bonchev–Trinajstić information content (AvgIpc) is 2.62. The Morgan fingerprint density at radius 1 is 0.875 bits per heavy atom. The molecule has 1 aliphatic rings. The molecular formula is C22H29OP. The molecule has 0 aliphatic heterocycles. The summed E-state index contributed by atoms with van der Waals surface area (Å²) < 4.78 is 14.6. The molecule has 128 valence electrons. The number of hydrogen-bond acceptors (Lipinski definition) is 1. The molecule has 1 unspecified atom stereocenters. The van der Waals surface area contributed by atoms with Crippen LogP contribution in [-0.4, -0.2) is 5.66 Å². The fourth-order valence-electron chi connectivity index (χ4n) is 4.40. The highest BCUT2D eigenvalue weighted by Gasteiger charge is 2.44. The van der Waals surface area contributed by atoms with Gasteiger partial charge in [-0.05, 0) is 30.6 Å². The summed E-state index contributed by atoms with van der Waals surface area (Å²) in [6.07, 6.45) is 3.54. The van der Waals surface area contributed by atoms with Crippen LogP contribution in [-0.2, 0) is 4.57 Å². The van der Waals surface area contributed by atoms with Gasteiger partial charge in [0.25, 0.3) is 0 Å². The number of rotatable bonds is 4. The van der Waals surface area contributed by atoms with E-state index in [1.165, 1.54) is 12.8 Å². The summed E-state index contributed by atoms with van der Waals surface area (Å²) in [6.45, 7) is 6.92. The molecule has 0 saturated heterocycles. The van der Waals surface area contributed by atoms with Crippen molar-refractivity contribution in [3.63, 3.8) is 0 Å². The Labute approximate surface area is 146 Å². The van der Waals surface area contributed by atoms with Gasteiger partial charge in [-0.25, -0.2) is 0 Å². The second kappa shape index (κ2) is 7.28. The monoisotopic (exact) mass is 340 g/mol. The average molecular weight is 340 g/mol. The lowest BCUT2D eigenvalue weighted by atomic mass is 9.77. The zero-order valence-electron chi connectivity index (χ0n) is 15.1. The highest BCUT2D eigenvalue weighted by Crippen LogP contribution is 2.57. The van der Waals surface area contributed by atoms with E-state index in [0.29, 0.717) is 17.8 Å². The van der Waals surface area contributed by atoms with E-state index >= 15 is 0 Å². The predicted octanol–water partition coefficient (Wildman–Crippen LogP) is 5.46. The Morgan fingerprint density at radius 2 is 1.38 bits per heavy atom. The zero-order chi connectivity index (χ0) is 17.2. The van der Waals surface area contributed by atoms with E-state index in [4.69, 9.17) is 0 Å². The van der Waals surface area contributed by atoms with Gasteiger partial charge in [-0.2, -0.15) is 0 Å². The topological polar surface area (TPSA) is 17.1 Å². The molecule has 0 N–H and O–H groups in total. The van der Waals surface area contributed by atoms with Crippen LogP contribution in [0.2, 0.25) is 0 Å². The number of benzene rings is 2. The maximum absolute atomic E-state index is 14.6. The molecule has 0 spiro atoms. The van der Waals surface area contributed by atoms with E-state index < -0.39 is 7.14 Å². The maximum Gasteiger partial charge on any atom is 0.146 e. The highest BCUT2D eigenvalue weighted by atomic mass is 31.2. The third-order valence-electron chi connectivity index (χ3n) is 5.73. The van der Waals surface area contributed by atoms with Gasteiger partial charge in [0.05, 0.1) is 0 Å². The molecule has 0 bridgehead atoms. The van der Waals surface area contributed by atoms with Crippen molar-refractivity contribution in [2.24, 2.45) is 17.8 Å². The van der Waals surface area contributed by atoms with Gasteiger partial charge >= 0.3 is 0 Å². The Morgan fingerprint density at radius 3 is 1.83 bits per heavy atom. The second-order valence-corrected chi connectivity index (χ2v) is 10.7. The Balaban J connectivity index is 2.15. The van der Waals surface area contributed by atoms with Crippen LogP contribution in [0, 0.1) is 17.8 Å². The molecule has 3 rings (SSSR count). The summed E-state index contributed by atoms with van der Waals surface area (Å²) in [5.41, 5.74) is 0.256. The van der Waals surface area contributed by atoms with Crippen LogP contribution >= 0.6 is 7.14 Å². The Kier molecular flexibility index (Phi) is 5.30. The summed E-state index contributed by atoms with van der Waals surface area (Å²) in [5.74, 6) is 1.77. The van der Waals surface area contributed by atoms with Crippen molar-refractivity contribution in [2.75, 3.05) is 0 Å². The van der Waals surface area contributed by atoms with Crippen LogP contribution in [0.4, 0.5) is 0 Å². The van der Waals surface area contributed by atoms with Crippen molar-refractivity contribution in [2.45, 2.75) is 45.7 Å². The van der Waals surface area contributed by atoms with Crippen LogP contribution in [0.5, 0.6) is 0 Å². The van der Waals surface area contributed by atoms with E-state index in [9.17, 15) is 4.57 Å². The second-order valence-electron chi connectivity index (χ2n) is 7.72. The molecule has 2 heteroatoms. The lowest BCUT2D eigenvalue weighted by Crippen LogP contribution is -2.38. The van der Waals surface area contributed by atoms with Crippen LogP contribution in [0.15, 0.2) is 60.7 Å². The van der Waals surface area contributed by atoms with Gasteiger partial charge in [-0.15, -0.1) is 0 Å². The van der Waals surface area contributed by atoms with Gasteiger partial charge in [-0.3, -0.25) is 0 Å². The molecule has 1 fully saturated rings. The zero-order valence-corrected chi connectivity index (χ0v) is 16.0. The molecule has 1 nitrogen and oxygen atoms in total. The lowest BCUT2D eigenvalue weighted by Gasteiger charge is -2.42. The van der Waals surface area contributed by atoms with Crippen molar-refractivity contribution in [3.05, 3.63) is 60.7 Å². The van der Waals surface area contributed by atoms with Crippen LogP contribution in [0.25, 0.3) is 0 Å². The minimum Gasteiger partial charge on any atom is -0.313 e. The van der Waals surface area contributed by atoms with Gasteiger partial charge in [0.15, 0.2) is 0 Å². The lowest BCUT2D eigenvalue weighted by molar-refractivity contribution is 0.238. The molecule has 24 heavy (non-hydrogen) atoms. The summed E-state index contributed by atoms with van der Waals surface area (Å²) in [5, 5.41) is 2.06. The molecule has 2 aromatic carbocycles. The van der Waals surface area contributed by atoms with E-state index in [1.807, 2.05) is 36.4 Å². The Hall–Kier alpha value is -1.33. The first kappa shape index (κ1) is 17.5. The highest BCUT2D eigenvalue weighted by molar-refractivity contribution is 7.79. The third kappa shape index (κ3) is 3.24. The summed E-state index contributed by atoms with van der Waals surface area (Å²) in [6, 6.07) is 20.4. The smallest absolute Gasteiger partial charge is 0.146 e. The molecule has 0 amide bonds. The van der Waals surface area contributed by atoms with Gasteiger partial charge in [0.2, 0.25) is 0 Å². The van der Waals surface area contributed by atoms with E-state index in [1.54, 1.807) is 0 Å². The van der Waals surface area contributed by atoms with Crippen molar-refractivity contribution in [1.29, 1.82) is 0 Å². The minimum absolute atomic E-state index is 0.256. The maximum atomic E-state index is 14.6. The fraction of sp³-hybridized carbons (Fsp3) is 0.455. The van der Waals surface area contributed by atoms with Gasteiger partial charge in [0, 0.05) is 16.3 Å². The first-order chi connectivity index (χ1) is 11.5. The molecule has 2 aromatic rings. The minimum atomic E-state index is -2.65. The molecule has 1 aliphatic carbocycles. The standard InChI is InChI=1S/C22H29OP/c1-17(2)21-15-14-18(3)16-22(21)24(23,19-10-6-4-7-11-19)20-12-8-5-9-13-20/h4-13,17-18,21-22H,14-16H2,1-3H3/t18-,21?,22+/m1/s1. The van der Waals surface area contributed by atoms with Crippen molar-refractivity contribution < 1.29 is 4.57 Å². The summed E-state index contributed by atoms with van der Waals surface area (Å²) in [7, 11) is -2.65. The quantitative estimate of drug-likeness (QED) is 0.675. The first-order valence-electron chi connectivity index (χ1n) is 9.24. The predicted molar refractivity (Wildman–Crippen MR) is 105 cm³/mol. The molecule has 0 aromatic heterocycles. The SMILES string of the molecule is CC(C)C1CC[C@@H](C)C[C@@H]1P(=O)(c1ccccc1)c1ccccc1. The van der Waals surface area contributed by atoms with Crippen LogP contribution in [0.1, 0.15) is 40.0 Å². The molecule has 1 saturated carbocycles. The first-order valence-corrected chi connectivity index (χ1v) is 11.0. The van der Waals surface area contributed by atoms with Crippen molar-refractivity contribution in [3.8, 4) is 0 Å². The largest absolute Gasteiger partial charge is 0.313 e. The van der Waals surface area contributed by atoms with E-state index in [-0.39, 0.29) is 5.66 Å². The number of hydrogen-bond donors (Lipinski definition) is 0. The van der Waals surface area contributed by atoms with Crippen LogP contribution < -0.4 is 10.6 Å². The third-order valence-corrected chi connectivity index (χ3v) is 9.39. The van der Waals surface area contributed by atoms with Crippen molar-refractivity contribution >= 4 is 17.8 Å². The van der Waals surface area contributed by atoms with E-state index in [0.717, 1.165) is 17.0 Å². The van der Waals surface area contributed by atoms with Gasteiger partial charge in [0.1, 0.15) is 7.14 Å². The van der Waals surface area contributed by atoms with Crippen molar-refractivity contribution in [1.82, 2.24) is 0 Å². The fourth-order valence-corrected chi connectivity index (χ4v) is 8.38. The summed E-state index contributed by atoms with van der Waals surface area (Å²) >= 11 is 0. The molecule has 0 radical (unpaired) electrons. The van der Waals surface area contributed by atoms with Gasteiger partial charge < -0.3 is 4.57 Å². The molecule has 3 atom stereocenters. The summed E-state index contributed by atoms with van der Waals surface area (Å²) in [4.78, 5) is 0. The normalized spacial score (nSPS) is 24.9. The molecular weight excluding hydrogens is 311 g/mol. The van der Waals surface area contributed by atoms with Crippen LogP contribution in [0.3, 0.4) is 0 Å². The van der Waals surface area contributed by atoms with Gasteiger partial charge in [-0.1, -0.05) is 87.9 Å². The Bertz CT molecular complexity index is 649. The van der Waals surface area contributed by atoms with E-state index in [2.05, 4.69) is 45.0 Å².